The summed E-state index contributed by atoms with van der Waals surface area (Å²) < 4.78 is 1.85. The number of hydrogen-bond acceptors (Lipinski definition) is 4. The van der Waals surface area contributed by atoms with Crippen LogP contribution in [0.1, 0.15) is 25.5 Å². The minimum absolute atomic E-state index is 0.262. The number of phenolic OH excluding ortho intramolecular Hbond substituents is 1. The molecule has 0 aliphatic heterocycles. The summed E-state index contributed by atoms with van der Waals surface area (Å²) in [5.41, 5.74) is 2.04. The monoisotopic (exact) mass is 285 g/mol. The molecule has 1 aromatic carbocycles. The Bertz CT molecular complexity index is 752. The third-order valence-electron chi connectivity index (χ3n) is 3.00. The molecule has 1 N–H and O–H groups in total. The molecule has 0 atom stereocenters. The van der Waals surface area contributed by atoms with Crippen molar-refractivity contribution in [1.82, 2.24) is 14.6 Å². The third-order valence-corrected chi connectivity index (χ3v) is 3.99. The van der Waals surface area contributed by atoms with E-state index in [4.69, 9.17) is 0 Å². The topological polar surface area (TPSA) is 50.4 Å². The van der Waals surface area contributed by atoms with Gasteiger partial charge in [-0.05, 0) is 30.2 Å². The SMILES string of the molecule is CC(C)c1cc2c(Sc3cccc(O)c3)nccn2n1. The van der Waals surface area contributed by atoms with E-state index in [-0.39, 0.29) is 5.75 Å². The first-order valence-corrected chi connectivity index (χ1v) is 7.26. The Morgan fingerprint density at radius 2 is 2.10 bits per heavy atom. The minimum atomic E-state index is 0.262. The summed E-state index contributed by atoms with van der Waals surface area (Å²) in [6.45, 7) is 4.24. The molecule has 2 aromatic heterocycles. The number of hydrogen-bond donors (Lipinski definition) is 1. The van der Waals surface area contributed by atoms with E-state index in [9.17, 15) is 5.11 Å². The van der Waals surface area contributed by atoms with Gasteiger partial charge < -0.3 is 5.11 Å². The highest BCUT2D eigenvalue weighted by atomic mass is 32.2. The van der Waals surface area contributed by atoms with E-state index in [1.807, 2.05) is 22.8 Å². The summed E-state index contributed by atoms with van der Waals surface area (Å²) in [6, 6.07) is 9.25. The van der Waals surface area contributed by atoms with Crippen molar-refractivity contribution >= 4 is 17.3 Å². The van der Waals surface area contributed by atoms with Crippen LogP contribution in [0.2, 0.25) is 0 Å². The van der Waals surface area contributed by atoms with Crippen LogP contribution in [0.5, 0.6) is 5.75 Å². The molecule has 102 valence electrons. The molecule has 0 bridgehead atoms. The largest absolute Gasteiger partial charge is 0.508 e. The molecule has 0 aliphatic rings. The lowest BCUT2D eigenvalue weighted by Gasteiger charge is -2.03. The van der Waals surface area contributed by atoms with Gasteiger partial charge in [0.2, 0.25) is 0 Å². The molecule has 5 heteroatoms. The molecule has 0 saturated heterocycles. The zero-order chi connectivity index (χ0) is 14.1. The number of aromatic hydroxyl groups is 1. The van der Waals surface area contributed by atoms with Gasteiger partial charge in [-0.2, -0.15) is 5.10 Å². The van der Waals surface area contributed by atoms with Gasteiger partial charge in [0.1, 0.15) is 10.8 Å². The first-order chi connectivity index (χ1) is 9.63. The molecular weight excluding hydrogens is 270 g/mol. The van der Waals surface area contributed by atoms with Crippen LogP contribution in [0.15, 0.2) is 52.6 Å². The van der Waals surface area contributed by atoms with Crippen molar-refractivity contribution < 1.29 is 5.11 Å². The van der Waals surface area contributed by atoms with Crippen LogP contribution in [0, 0.1) is 0 Å². The highest BCUT2D eigenvalue weighted by molar-refractivity contribution is 7.99. The fourth-order valence-corrected chi connectivity index (χ4v) is 2.86. The average molecular weight is 285 g/mol. The number of fused-ring (bicyclic) bond motifs is 1. The normalized spacial score (nSPS) is 11.3. The van der Waals surface area contributed by atoms with Gasteiger partial charge >= 0.3 is 0 Å². The first-order valence-electron chi connectivity index (χ1n) is 6.44. The van der Waals surface area contributed by atoms with E-state index in [2.05, 4.69) is 30.0 Å². The maximum Gasteiger partial charge on any atom is 0.127 e. The number of rotatable bonds is 3. The molecule has 20 heavy (non-hydrogen) atoms. The maximum atomic E-state index is 9.53. The Hall–Kier alpha value is -2.01. The lowest BCUT2D eigenvalue weighted by Crippen LogP contribution is -1.92. The Labute approximate surface area is 121 Å². The van der Waals surface area contributed by atoms with E-state index < -0.39 is 0 Å². The van der Waals surface area contributed by atoms with Crippen LogP contribution in [0.3, 0.4) is 0 Å². The van der Waals surface area contributed by atoms with Crippen LogP contribution in [-0.4, -0.2) is 19.7 Å². The molecule has 0 spiro atoms. The Morgan fingerprint density at radius 3 is 2.85 bits per heavy atom. The van der Waals surface area contributed by atoms with Gasteiger partial charge in [0, 0.05) is 17.3 Å². The van der Waals surface area contributed by atoms with Gasteiger partial charge in [-0.25, -0.2) is 9.50 Å². The summed E-state index contributed by atoms with van der Waals surface area (Å²) in [6.07, 6.45) is 3.60. The number of aromatic nitrogens is 3. The number of nitrogens with zero attached hydrogens (tertiary/aromatic N) is 3. The molecule has 0 amide bonds. The average Bonchev–Trinajstić information content (AvgIpc) is 2.84. The second-order valence-electron chi connectivity index (χ2n) is 4.89. The highest BCUT2D eigenvalue weighted by Gasteiger charge is 2.11. The molecular formula is C15H15N3OS. The molecule has 3 rings (SSSR count). The van der Waals surface area contributed by atoms with E-state index in [0.717, 1.165) is 21.1 Å². The van der Waals surface area contributed by atoms with Gasteiger partial charge in [-0.15, -0.1) is 0 Å². The van der Waals surface area contributed by atoms with E-state index in [1.54, 1.807) is 18.3 Å². The van der Waals surface area contributed by atoms with Crippen molar-refractivity contribution in [3.05, 3.63) is 48.4 Å². The molecule has 0 aliphatic carbocycles. The van der Waals surface area contributed by atoms with Crippen molar-refractivity contribution in [2.24, 2.45) is 0 Å². The maximum absolute atomic E-state index is 9.53. The third kappa shape index (κ3) is 2.49. The van der Waals surface area contributed by atoms with Gasteiger partial charge in [0.25, 0.3) is 0 Å². The van der Waals surface area contributed by atoms with Crippen LogP contribution >= 0.6 is 11.8 Å². The molecule has 2 heterocycles. The fourth-order valence-electron chi connectivity index (χ4n) is 1.94. The zero-order valence-corrected chi connectivity index (χ0v) is 12.1. The lowest BCUT2D eigenvalue weighted by molar-refractivity contribution is 0.474. The zero-order valence-electron chi connectivity index (χ0n) is 11.3. The van der Waals surface area contributed by atoms with Crippen molar-refractivity contribution in [2.75, 3.05) is 0 Å². The number of phenols is 1. The molecule has 3 aromatic rings. The second kappa shape index (κ2) is 5.17. The van der Waals surface area contributed by atoms with Gasteiger partial charge in [-0.3, -0.25) is 0 Å². The van der Waals surface area contributed by atoms with Crippen LogP contribution in [0.4, 0.5) is 0 Å². The van der Waals surface area contributed by atoms with Crippen LogP contribution < -0.4 is 0 Å². The predicted octanol–water partition coefficient (Wildman–Crippen LogP) is 3.71. The van der Waals surface area contributed by atoms with Gasteiger partial charge in [0.05, 0.1) is 11.2 Å². The molecule has 0 unspecified atom stereocenters. The van der Waals surface area contributed by atoms with Crippen LogP contribution in [-0.2, 0) is 0 Å². The van der Waals surface area contributed by atoms with Crippen molar-refractivity contribution in [2.45, 2.75) is 29.7 Å². The highest BCUT2D eigenvalue weighted by Crippen LogP contribution is 2.31. The number of benzene rings is 1. The second-order valence-corrected chi connectivity index (χ2v) is 5.95. The van der Waals surface area contributed by atoms with E-state index in [0.29, 0.717) is 5.92 Å². The van der Waals surface area contributed by atoms with Gasteiger partial charge in [0.15, 0.2) is 0 Å². The van der Waals surface area contributed by atoms with Crippen molar-refractivity contribution in [3.8, 4) is 5.75 Å². The Balaban J connectivity index is 2.03. The van der Waals surface area contributed by atoms with Gasteiger partial charge in [-0.1, -0.05) is 31.7 Å². The summed E-state index contributed by atoms with van der Waals surface area (Å²) in [5, 5.41) is 15.0. The van der Waals surface area contributed by atoms with E-state index in [1.165, 1.54) is 11.8 Å². The first kappa shape index (κ1) is 13.0. The summed E-state index contributed by atoms with van der Waals surface area (Å²) in [4.78, 5) is 5.38. The predicted molar refractivity (Wildman–Crippen MR) is 79.3 cm³/mol. The standard InChI is InChI=1S/C15H15N3OS/c1-10(2)13-9-14-15(16-6-7-18(14)17-13)20-12-5-3-4-11(19)8-12/h3-10,19H,1-2H3. The molecule has 0 fully saturated rings. The molecule has 0 radical (unpaired) electrons. The van der Waals surface area contributed by atoms with Crippen molar-refractivity contribution in [3.63, 3.8) is 0 Å². The summed E-state index contributed by atoms with van der Waals surface area (Å²) >= 11 is 1.52. The fraction of sp³-hybridized carbons (Fsp3) is 0.200. The Morgan fingerprint density at radius 1 is 1.25 bits per heavy atom. The quantitative estimate of drug-likeness (QED) is 0.797. The Kier molecular flexibility index (Phi) is 3.36. The summed E-state index contributed by atoms with van der Waals surface area (Å²) in [7, 11) is 0. The van der Waals surface area contributed by atoms with E-state index >= 15 is 0 Å². The molecule has 0 saturated carbocycles. The molecule has 4 nitrogen and oxygen atoms in total. The smallest absolute Gasteiger partial charge is 0.127 e. The lowest BCUT2D eigenvalue weighted by atomic mass is 10.1. The van der Waals surface area contributed by atoms with Crippen LogP contribution in [0.25, 0.3) is 5.52 Å². The summed E-state index contributed by atoms with van der Waals surface area (Å²) in [5.74, 6) is 0.645. The van der Waals surface area contributed by atoms with Crippen molar-refractivity contribution in [1.29, 1.82) is 0 Å². The minimum Gasteiger partial charge on any atom is -0.508 e.